The van der Waals surface area contributed by atoms with E-state index in [1.54, 1.807) is 17.6 Å². The number of benzene rings is 2. The largest absolute Gasteiger partial charge is 0.376 e. The number of hydrazone groups is 1. The van der Waals surface area contributed by atoms with Crippen LogP contribution in [0.15, 0.2) is 89.5 Å². The Kier molecular flexibility index (Phi) is 5.78. The number of carbonyl (C=O) groups is 1. The van der Waals surface area contributed by atoms with E-state index in [2.05, 4.69) is 15.8 Å². The van der Waals surface area contributed by atoms with Gasteiger partial charge in [0.2, 0.25) is 0 Å². The number of carbonyl (C=O) groups excluding carboxylic acids is 1. The zero-order chi connectivity index (χ0) is 19.9. The van der Waals surface area contributed by atoms with Crippen LogP contribution in [0.2, 0.25) is 0 Å². The lowest BCUT2D eigenvalue weighted by Gasteiger charge is -2.04. The molecular weight excluding hydrogens is 382 g/mol. The van der Waals surface area contributed by atoms with Crippen molar-refractivity contribution < 1.29 is 4.79 Å². The summed E-state index contributed by atoms with van der Waals surface area (Å²) < 4.78 is 1.81. The number of amides is 1. The Balaban J connectivity index is 1.47. The van der Waals surface area contributed by atoms with Crippen molar-refractivity contribution in [1.29, 1.82) is 0 Å². The molecule has 2 heterocycles. The molecule has 0 saturated carbocycles. The summed E-state index contributed by atoms with van der Waals surface area (Å²) in [7, 11) is 0. The molecule has 2 N–H and O–H groups in total. The van der Waals surface area contributed by atoms with Gasteiger partial charge in [-0.1, -0.05) is 42.5 Å². The Hall–Kier alpha value is -3.71. The molecule has 0 aliphatic heterocycles. The van der Waals surface area contributed by atoms with Crippen LogP contribution in [-0.2, 0) is 4.79 Å². The fraction of sp³-hybridized carbons (Fsp3) is 0.0455. The summed E-state index contributed by atoms with van der Waals surface area (Å²) in [6.07, 6.45) is 3.53. The molecule has 0 unspecified atom stereocenters. The van der Waals surface area contributed by atoms with E-state index in [-0.39, 0.29) is 12.5 Å². The van der Waals surface area contributed by atoms with Crippen molar-refractivity contribution in [1.82, 2.24) is 15.2 Å². The number of hydrogen-bond donors (Lipinski definition) is 2. The molecule has 0 aliphatic rings. The van der Waals surface area contributed by atoms with Crippen LogP contribution in [0.5, 0.6) is 0 Å². The summed E-state index contributed by atoms with van der Waals surface area (Å²) in [5.74, 6) is -0.224. The van der Waals surface area contributed by atoms with E-state index in [1.165, 1.54) is 0 Å². The lowest BCUT2D eigenvalue weighted by molar-refractivity contribution is -0.119. The molecule has 4 rings (SSSR count). The Morgan fingerprint density at radius 3 is 2.52 bits per heavy atom. The summed E-state index contributed by atoms with van der Waals surface area (Å²) in [6, 6.07) is 23.4. The van der Waals surface area contributed by atoms with Crippen molar-refractivity contribution in [3.63, 3.8) is 0 Å². The van der Waals surface area contributed by atoms with Gasteiger partial charge < -0.3 is 5.32 Å². The van der Waals surface area contributed by atoms with Crippen LogP contribution in [0.3, 0.4) is 0 Å². The summed E-state index contributed by atoms with van der Waals surface area (Å²) >= 11 is 1.61. The van der Waals surface area contributed by atoms with Gasteiger partial charge in [0.05, 0.1) is 23.3 Å². The van der Waals surface area contributed by atoms with Crippen LogP contribution >= 0.6 is 11.3 Å². The quantitative estimate of drug-likeness (QED) is 0.361. The minimum atomic E-state index is -0.224. The van der Waals surface area contributed by atoms with Crippen molar-refractivity contribution >= 4 is 29.1 Å². The maximum absolute atomic E-state index is 12.0. The molecule has 7 heteroatoms. The van der Waals surface area contributed by atoms with E-state index in [0.29, 0.717) is 0 Å². The molecule has 1 amide bonds. The van der Waals surface area contributed by atoms with E-state index in [0.717, 1.165) is 27.5 Å². The second-order valence-electron chi connectivity index (χ2n) is 6.20. The fourth-order valence-electron chi connectivity index (χ4n) is 2.75. The summed E-state index contributed by atoms with van der Waals surface area (Å²) in [6.45, 7) is 0.141. The third-order valence-corrected chi connectivity index (χ3v) is 5.01. The number of nitrogens with one attached hydrogen (secondary N) is 2. The van der Waals surface area contributed by atoms with Crippen LogP contribution in [0.1, 0.15) is 5.56 Å². The maximum Gasteiger partial charge on any atom is 0.259 e. The van der Waals surface area contributed by atoms with Gasteiger partial charge in [0.1, 0.15) is 5.69 Å². The summed E-state index contributed by atoms with van der Waals surface area (Å²) in [4.78, 5) is 13.1. The summed E-state index contributed by atoms with van der Waals surface area (Å²) in [5, 5.41) is 13.9. The average molecular weight is 401 g/mol. The van der Waals surface area contributed by atoms with Crippen molar-refractivity contribution in [3.05, 3.63) is 89.9 Å². The molecular formula is C22H19N5OS. The van der Waals surface area contributed by atoms with E-state index < -0.39 is 0 Å². The second kappa shape index (κ2) is 8.99. The Bertz CT molecular complexity index is 1090. The number of rotatable bonds is 7. The zero-order valence-electron chi connectivity index (χ0n) is 15.5. The number of nitrogens with zero attached hydrogens (tertiary/aromatic N) is 3. The number of para-hydroxylation sites is 2. The van der Waals surface area contributed by atoms with Crippen molar-refractivity contribution in [3.8, 4) is 16.3 Å². The molecule has 0 fully saturated rings. The minimum Gasteiger partial charge on any atom is -0.376 e. The average Bonchev–Trinajstić information content (AvgIpc) is 3.44. The van der Waals surface area contributed by atoms with Gasteiger partial charge in [-0.15, -0.1) is 11.3 Å². The van der Waals surface area contributed by atoms with Gasteiger partial charge in [-0.3, -0.25) is 4.79 Å². The molecule has 29 heavy (non-hydrogen) atoms. The van der Waals surface area contributed by atoms with Crippen LogP contribution in [0, 0.1) is 0 Å². The molecule has 0 radical (unpaired) electrons. The Labute approximate surface area is 172 Å². The lowest BCUT2D eigenvalue weighted by atomic mass is 10.2. The standard InChI is InChI=1S/C22H19N5OS/c28-21(15-23-18-8-3-1-4-9-18)25-24-14-17-16-27(19-10-5-2-6-11-19)26-22(17)20-12-7-13-29-20/h1-14,16,23H,15H2,(H,25,28)/b24-14-. The highest BCUT2D eigenvalue weighted by Crippen LogP contribution is 2.26. The summed E-state index contributed by atoms with van der Waals surface area (Å²) in [5.41, 5.74) is 6.05. The number of thiophene rings is 1. The second-order valence-corrected chi connectivity index (χ2v) is 7.15. The maximum atomic E-state index is 12.0. The first-order chi connectivity index (χ1) is 14.3. The number of hydrogen-bond acceptors (Lipinski definition) is 5. The zero-order valence-corrected chi connectivity index (χ0v) is 16.3. The highest BCUT2D eigenvalue weighted by Gasteiger charge is 2.12. The van der Waals surface area contributed by atoms with Gasteiger partial charge in [0.25, 0.3) is 5.91 Å². The van der Waals surface area contributed by atoms with Crippen molar-refractivity contribution in [2.45, 2.75) is 0 Å². The molecule has 0 bridgehead atoms. The highest BCUT2D eigenvalue weighted by atomic mass is 32.1. The van der Waals surface area contributed by atoms with Gasteiger partial charge >= 0.3 is 0 Å². The monoisotopic (exact) mass is 401 g/mol. The fourth-order valence-corrected chi connectivity index (χ4v) is 3.48. The predicted molar refractivity (Wildman–Crippen MR) is 118 cm³/mol. The molecule has 0 spiro atoms. The predicted octanol–water partition coefficient (Wildman–Crippen LogP) is 4.16. The molecule has 6 nitrogen and oxygen atoms in total. The molecule has 2 aromatic heterocycles. The first-order valence-electron chi connectivity index (χ1n) is 9.09. The van der Waals surface area contributed by atoms with E-state index in [1.807, 2.05) is 89.1 Å². The Morgan fingerprint density at radius 1 is 1.03 bits per heavy atom. The smallest absolute Gasteiger partial charge is 0.259 e. The first kappa shape index (κ1) is 18.6. The molecule has 144 valence electrons. The van der Waals surface area contributed by atoms with Crippen LogP contribution in [0.25, 0.3) is 16.3 Å². The number of aromatic nitrogens is 2. The van der Waals surface area contributed by atoms with Crippen LogP contribution in [0.4, 0.5) is 5.69 Å². The van der Waals surface area contributed by atoms with Gasteiger partial charge in [0.15, 0.2) is 0 Å². The van der Waals surface area contributed by atoms with Crippen molar-refractivity contribution in [2.24, 2.45) is 5.10 Å². The molecule has 0 aliphatic carbocycles. The Morgan fingerprint density at radius 2 is 1.79 bits per heavy atom. The lowest BCUT2D eigenvalue weighted by Crippen LogP contribution is -2.25. The third kappa shape index (κ3) is 4.77. The van der Waals surface area contributed by atoms with Crippen LogP contribution < -0.4 is 10.7 Å². The highest BCUT2D eigenvalue weighted by molar-refractivity contribution is 7.13. The molecule has 4 aromatic rings. The van der Waals surface area contributed by atoms with Gasteiger partial charge in [-0.2, -0.15) is 10.2 Å². The van der Waals surface area contributed by atoms with Crippen LogP contribution in [-0.4, -0.2) is 28.4 Å². The first-order valence-corrected chi connectivity index (χ1v) is 9.97. The van der Waals surface area contributed by atoms with Gasteiger partial charge in [-0.05, 0) is 35.7 Å². The number of anilines is 1. The normalized spacial score (nSPS) is 10.9. The topological polar surface area (TPSA) is 71.3 Å². The molecule has 2 aromatic carbocycles. The van der Waals surface area contributed by atoms with E-state index in [9.17, 15) is 4.79 Å². The van der Waals surface area contributed by atoms with Gasteiger partial charge in [-0.25, -0.2) is 10.1 Å². The SMILES string of the molecule is O=C(CNc1ccccc1)N/N=C\c1cn(-c2ccccc2)nc1-c1cccs1. The third-order valence-electron chi connectivity index (χ3n) is 4.14. The minimum absolute atomic E-state index is 0.141. The van der Waals surface area contributed by atoms with Gasteiger partial charge in [0, 0.05) is 17.4 Å². The van der Waals surface area contributed by atoms with E-state index in [4.69, 9.17) is 5.10 Å². The van der Waals surface area contributed by atoms with E-state index >= 15 is 0 Å². The van der Waals surface area contributed by atoms with Crippen molar-refractivity contribution in [2.75, 3.05) is 11.9 Å². The molecule has 0 atom stereocenters. The molecule has 0 saturated heterocycles.